The van der Waals surface area contributed by atoms with Gasteiger partial charge >= 0.3 is 0 Å². The topological polar surface area (TPSA) is 45.5 Å². The largest absolute Gasteiger partial charge is 0.464 e. The molecule has 0 unspecified atom stereocenters. The highest BCUT2D eigenvalue weighted by Gasteiger charge is 2.15. The second-order valence-electron chi connectivity index (χ2n) is 6.88. The van der Waals surface area contributed by atoms with Crippen LogP contribution >= 0.6 is 0 Å². The Balaban J connectivity index is 1.50. The van der Waals surface area contributed by atoms with E-state index in [-0.39, 0.29) is 18.1 Å². The minimum Gasteiger partial charge on any atom is -0.464 e. The number of nitrogens with zero attached hydrogens (tertiary/aromatic N) is 1. The summed E-state index contributed by atoms with van der Waals surface area (Å²) in [6.45, 7) is 3.85. The number of nitrogens with one attached hydrogen (secondary N) is 1. The molecule has 4 rings (SSSR count). The molecule has 0 bridgehead atoms. The van der Waals surface area contributed by atoms with Gasteiger partial charge in [-0.2, -0.15) is 0 Å². The number of carbonyl (C=O) groups excluding carboxylic acids is 1. The van der Waals surface area contributed by atoms with Crippen molar-refractivity contribution in [2.75, 3.05) is 23.3 Å². The molecular formula is C21H21FN2O2. The van der Waals surface area contributed by atoms with Crippen molar-refractivity contribution in [1.82, 2.24) is 0 Å². The van der Waals surface area contributed by atoms with Gasteiger partial charge in [-0.05, 0) is 49.6 Å². The third-order valence-corrected chi connectivity index (χ3v) is 4.80. The quantitative estimate of drug-likeness (QED) is 0.743. The highest BCUT2D eigenvalue weighted by atomic mass is 19.1. The number of furan rings is 1. The van der Waals surface area contributed by atoms with Gasteiger partial charge in [-0.25, -0.2) is 4.39 Å². The predicted octanol–water partition coefficient (Wildman–Crippen LogP) is 4.66. The lowest BCUT2D eigenvalue weighted by molar-refractivity contribution is -0.115. The first-order valence-corrected chi connectivity index (χ1v) is 8.90. The molecule has 0 spiro atoms. The van der Waals surface area contributed by atoms with Crippen LogP contribution in [0.15, 0.2) is 47.1 Å². The van der Waals surface area contributed by atoms with Crippen molar-refractivity contribution >= 4 is 28.3 Å². The molecular weight excluding hydrogens is 331 g/mol. The number of carbonyl (C=O) groups is 1. The van der Waals surface area contributed by atoms with Gasteiger partial charge in [-0.1, -0.05) is 12.1 Å². The fraction of sp³-hybridized carbons (Fsp3) is 0.286. The molecule has 0 atom stereocenters. The van der Waals surface area contributed by atoms with Gasteiger partial charge in [-0.15, -0.1) is 0 Å². The number of hydrogen-bond donors (Lipinski definition) is 1. The Labute approximate surface area is 151 Å². The number of aryl methyl sites for hydroxylation is 1. The SMILES string of the molecule is Cc1ccc2c(CC(=O)Nc3cc(F)cc(N4CCCC4)c3)coc2c1. The smallest absolute Gasteiger partial charge is 0.228 e. The van der Waals surface area contributed by atoms with E-state index in [1.54, 1.807) is 6.26 Å². The number of benzene rings is 2. The minimum absolute atomic E-state index is 0.186. The molecule has 1 fully saturated rings. The summed E-state index contributed by atoms with van der Waals surface area (Å²) in [4.78, 5) is 14.6. The number of anilines is 2. The van der Waals surface area contributed by atoms with Gasteiger partial charge in [-0.3, -0.25) is 4.79 Å². The number of halogens is 1. The van der Waals surface area contributed by atoms with Crippen LogP contribution in [-0.2, 0) is 11.2 Å². The van der Waals surface area contributed by atoms with Crippen molar-refractivity contribution in [2.45, 2.75) is 26.2 Å². The summed E-state index contributed by atoms with van der Waals surface area (Å²) in [5.74, 6) is -0.528. The molecule has 134 valence electrons. The van der Waals surface area contributed by atoms with Crippen LogP contribution in [0.3, 0.4) is 0 Å². The average molecular weight is 352 g/mol. The van der Waals surface area contributed by atoms with E-state index in [2.05, 4.69) is 10.2 Å². The Morgan fingerprint density at radius 2 is 2.00 bits per heavy atom. The fourth-order valence-electron chi connectivity index (χ4n) is 3.51. The van der Waals surface area contributed by atoms with Crippen molar-refractivity contribution in [2.24, 2.45) is 0 Å². The molecule has 1 N–H and O–H groups in total. The van der Waals surface area contributed by atoms with Crippen LogP contribution in [0, 0.1) is 12.7 Å². The molecule has 0 aliphatic carbocycles. The van der Waals surface area contributed by atoms with Gasteiger partial charge in [0, 0.05) is 35.4 Å². The van der Waals surface area contributed by atoms with E-state index in [1.165, 1.54) is 12.1 Å². The van der Waals surface area contributed by atoms with Gasteiger partial charge in [0.25, 0.3) is 0 Å². The standard InChI is InChI=1S/C21H21FN2O2/c1-14-4-5-19-15(13-26-20(19)8-14)9-21(25)23-17-10-16(22)11-18(12-17)24-6-2-3-7-24/h4-5,8,10-13H,2-3,6-7,9H2,1H3,(H,23,25). The Bertz CT molecular complexity index is 958. The van der Waals surface area contributed by atoms with Gasteiger partial charge in [0.1, 0.15) is 11.4 Å². The molecule has 1 aliphatic rings. The molecule has 4 nitrogen and oxygen atoms in total. The highest BCUT2D eigenvalue weighted by molar-refractivity contribution is 5.95. The van der Waals surface area contributed by atoms with Crippen LogP contribution in [-0.4, -0.2) is 19.0 Å². The van der Waals surface area contributed by atoms with E-state index in [4.69, 9.17) is 4.42 Å². The number of fused-ring (bicyclic) bond motifs is 1. The van der Waals surface area contributed by atoms with Crippen molar-refractivity contribution in [3.63, 3.8) is 0 Å². The zero-order valence-corrected chi connectivity index (χ0v) is 14.7. The molecule has 1 saturated heterocycles. The van der Waals surface area contributed by atoms with E-state index >= 15 is 0 Å². The van der Waals surface area contributed by atoms with Crippen molar-refractivity contribution < 1.29 is 13.6 Å². The molecule has 0 radical (unpaired) electrons. The monoisotopic (exact) mass is 352 g/mol. The molecule has 26 heavy (non-hydrogen) atoms. The lowest BCUT2D eigenvalue weighted by Crippen LogP contribution is -2.19. The number of hydrogen-bond acceptors (Lipinski definition) is 3. The van der Waals surface area contributed by atoms with Crippen LogP contribution in [0.4, 0.5) is 15.8 Å². The Morgan fingerprint density at radius 1 is 1.19 bits per heavy atom. The van der Waals surface area contributed by atoms with Crippen LogP contribution < -0.4 is 10.2 Å². The molecule has 0 saturated carbocycles. The maximum absolute atomic E-state index is 14.0. The van der Waals surface area contributed by atoms with Crippen molar-refractivity contribution in [3.05, 3.63) is 59.6 Å². The zero-order valence-electron chi connectivity index (χ0n) is 14.7. The molecule has 5 heteroatoms. The third kappa shape index (κ3) is 3.43. The van der Waals surface area contributed by atoms with E-state index in [1.807, 2.05) is 31.2 Å². The molecule has 1 aromatic heterocycles. The Kier molecular flexibility index (Phi) is 4.37. The average Bonchev–Trinajstić information content (AvgIpc) is 3.24. The summed E-state index contributed by atoms with van der Waals surface area (Å²) in [5, 5.41) is 3.75. The first kappa shape index (κ1) is 16.6. The summed E-state index contributed by atoms with van der Waals surface area (Å²) in [7, 11) is 0. The first-order chi connectivity index (χ1) is 12.6. The number of amides is 1. The van der Waals surface area contributed by atoms with Gasteiger partial charge in [0.05, 0.1) is 12.7 Å². The zero-order chi connectivity index (χ0) is 18.1. The van der Waals surface area contributed by atoms with Crippen molar-refractivity contribution in [1.29, 1.82) is 0 Å². The second-order valence-corrected chi connectivity index (χ2v) is 6.88. The normalized spacial score (nSPS) is 14.2. The lowest BCUT2D eigenvalue weighted by Gasteiger charge is -2.18. The summed E-state index contributed by atoms with van der Waals surface area (Å²) in [5.41, 5.74) is 4.02. The highest BCUT2D eigenvalue weighted by Crippen LogP contribution is 2.26. The van der Waals surface area contributed by atoms with E-state index in [0.29, 0.717) is 5.69 Å². The fourth-order valence-corrected chi connectivity index (χ4v) is 3.51. The summed E-state index contributed by atoms with van der Waals surface area (Å²) >= 11 is 0. The maximum Gasteiger partial charge on any atom is 0.228 e. The van der Waals surface area contributed by atoms with Crippen LogP contribution in [0.5, 0.6) is 0 Å². The molecule has 1 amide bonds. The van der Waals surface area contributed by atoms with Gasteiger partial charge < -0.3 is 14.6 Å². The van der Waals surface area contributed by atoms with E-state index < -0.39 is 0 Å². The predicted molar refractivity (Wildman–Crippen MR) is 101 cm³/mol. The molecule has 2 aromatic carbocycles. The van der Waals surface area contributed by atoms with Crippen LogP contribution in [0.1, 0.15) is 24.0 Å². The molecule has 3 aromatic rings. The second kappa shape index (κ2) is 6.83. The minimum atomic E-state index is -0.339. The Morgan fingerprint density at radius 3 is 2.81 bits per heavy atom. The van der Waals surface area contributed by atoms with Gasteiger partial charge in [0.15, 0.2) is 0 Å². The summed E-state index contributed by atoms with van der Waals surface area (Å²) < 4.78 is 19.5. The maximum atomic E-state index is 14.0. The number of rotatable bonds is 4. The summed E-state index contributed by atoms with van der Waals surface area (Å²) in [6, 6.07) is 10.6. The van der Waals surface area contributed by atoms with E-state index in [0.717, 1.165) is 53.7 Å². The lowest BCUT2D eigenvalue weighted by atomic mass is 10.1. The first-order valence-electron chi connectivity index (χ1n) is 8.90. The van der Waals surface area contributed by atoms with E-state index in [9.17, 15) is 9.18 Å². The van der Waals surface area contributed by atoms with Crippen LogP contribution in [0.25, 0.3) is 11.0 Å². The summed E-state index contributed by atoms with van der Waals surface area (Å²) in [6.07, 6.45) is 4.03. The van der Waals surface area contributed by atoms with Crippen molar-refractivity contribution in [3.8, 4) is 0 Å². The molecule has 1 aliphatic heterocycles. The third-order valence-electron chi connectivity index (χ3n) is 4.80. The van der Waals surface area contributed by atoms with Crippen LogP contribution in [0.2, 0.25) is 0 Å². The molecule has 2 heterocycles. The Hall–Kier alpha value is -2.82. The van der Waals surface area contributed by atoms with Gasteiger partial charge in [0.2, 0.25) is 5.91 Å².